The van der Waals surface area contributed by atoms with Gasteiger partial charge in [-0.15, -0.1) is 10.2 Å². The molecule has 19 heavy (non-hydrogen) atoms. The van der Waals surface area contributed by atoms with Crippen molar-refractivity contribution >= 4 is 10.0 Å². The highest BCUT2D eigenvalue weighted by molar-refractivity contribution is 7.89. The van der Waals surface area contributed by atoms with E-state index in [1.807, 2.05) is 18.4 Å². The first kappa shape index (κ1) is 14.4. The summed E-state index contributed by atoms with van der Waals surface area (Å²) < 4.78 is 27.8. The Morgan fingerprint density at radius 1 is 1.42 bits per heavy atom. The van der Waals surface area contributed by atoms with E-state index in [0.29, 0.717) is 32.1 Å². The lowest BCUT2D eigenvalue weighted by atomic mass is 10.4. The molecule has 1 aliphatic heterocycles. The maximum absolute atomic E-state index is 12.2. The second-order valence-corrected chi connectivity index (χ2v) is 7.14. The molecule has 7 nitrogen and oxygen atoms in total. The number of aromatic nitrogens is 3. The second-order valence-electron chi connectivity index (χ2n) is 5.05. The van der Waals surface area contributed by atoms with Crippen molar-refractivity contribution in [3.05, 3.63) is 12.2 Å². The molecule has 0 fully saturated rings. The molecule has 0 unspecified atom stereocenters. The third-order valence-corrected chi connectivity index (χ3v) is 5.03. The predicted octanol–water partition coefficient (Wildman–Crippen LogP) is -0.188. The van der Waals surface area contributed by atoms with Crippen LogP contribution in [0.3, 0.4) is 0 Å². The van der Waals surface area contributed by atoms with Crippen LogP contribution in [0.25, 0.3) is 0 Å². The number of nitrogens with zero attached hydrogens (tertiary/aromatic N) is 4. The summed E-state index contributed by atoms with van der Waals surface area (Å²) in [6.07, 6.45) is 2.27. The van der Waals surface area contributed by atoms with Crippen LogP contribution >= 0.6 is 0 Å². The van der Waals surface area contributed by atoms with E-state index >= 15 is 0 Å². The molecular formula is C11H21N5O2S. The van der Waals surface area contributed by atoms with Gasteiger partial charge >= 0.3 is 0 Å². The summed E-state index contributed by atoms with van der Waals surface area (Å²) in [7, 11) is -3.19. The third-order valence-electron chi connectivity index (χ3n) is 3.13. The molecule has 2 rings (SSSR count). The number of hydrogen-bond donors (Lipinski definition) is 1. The fourth-order valence-electron chi connectivity index (χ4n) is 2.06. The van der Waals surface area contributed by atoms with Gasteiger partial charge in [-0.25, -0.2) is 8.42 Å². The molecule has 8 heteroatoms. The number of nitrogens with one attached hydrogen (secondary N) is 1. The molecule has 108 valence electrons. The fourth-order valence-corrected chi connectivity index (χ4v) is 3.50. The average molecular weight is 287 g/mol. The van der Waals surface area contributed by atoms with Crippen molar-refractivity contribution in [3.63, 3.8) is 0 Å². The zero-order valence-electron chi connectivity index (χ0n) is 11.4. The van der Waals surface area contributed by atoms with Gasteiger partial charge in [-0.3, -0.25) is 0 Å². The Balaban J connectivity index is 1.87. The monoisotopic (exact) mass is 287 g/mol. The van der Waals surface area contributed by atoms with Gasteiger partial charge in [0.25, 0.3) is 0 Å². The third kappa shape index (κ3) is 3.74. The SMILES string of the molecule is CC(C)NCCCS(=O)(=O)N1CCn2cnnc2C1. The molecule has 1 aromatic rings. The van der Waals surface area contributed by atoms with E-state index in [2.05, 4.69) is 15.5 Å². The fraction of sp³-hybridized carbons (Fsp3) is 0.818. The molecule has 0 bridgehead atoms. The Bertz CT molecular complexity index is 511. The van der Waals surface area contributed by atoms with E-state index < -0.39 is 10.0 Å². The molecule has 0 aliphatic carbocycles. The topological polar surface area (TPSA) is 80.1 Å². The predicted molar refractivity (Wildman–Crippen MR) is 72.0 cm³/mol. The number of hydrogen-bond acceptors (Lipinski definition) is 5. The van der Waals surface area contributed by atoms with Crippen molar-refractivity contribution in [3.8, 4) is 0 Å². The summed E-state index contributed by atoms with van der Waals surface area (Å²) in [6.45, 7) is 6.29. The molecule has 1 aromatic heterocycles. The van der Waals surface area contributed by atoms with E-state index in [1.54, 1.807) is 6.33 Å². The minimum Gasteiger partial charge on any atom is -0.315 e. The molecule has 0 saturated heterocycles. The van der Waals surface area contributed by atoms with Crippen molar-refractivity contribution in [2.45, 2.75) is 39.4 Å². The van der Waals surface area contributed by atoms with Crippen LogP contribution in [-0.4, -0.2) is 52.4 Å². The quantitative estimate of drug-likeness (QED) is 0.734. The van der Waals surface area contributed by atoms with Gasteiger partial charge in [0.05, 0.1) is 12.3 Å². The van der Waals surface area contributed by atoms with Crippen LogP contribution in [0.5, 0.6) is 0 Å². The highest BCUT2D eigenvalue weighted by Gasteiger charge is 2.27. The Morgan fingerprint density at radius 2 is 2.21 bits per heavy atom. The molecule has 0 amide bonds. The Labute approximate surface area is 114 Å². The molecule has 2 heterocycles. The normalized spacial score (nSPS) is 16.8. The van der Waals surface area contributed by atoms with Gasteiger partial charge in [-0.2, -0.15) is 4.31 Å². The van der Waals surface area contributed by atoms with Crippen molar-refractivity contribution in [2.75, 3.05) is 18.8 Å². The van der Waals surface area contributed by atoms with Gasteiger partial charge in [0.1, 0.15) is 12.2 Å². The largest absolute Gasteiger partial charge is 0.315 e. The molecule has 0 radical (unpaired) electrons. The molecular weight excluding hydrogens is 266 g/mol. The summed E-state index contributed by atoms with van der Waals surface area (Å²) >= 11 is 0. The van der Waals surface area contributed by atoms with Crippen LogP contribution in [-0.2, 0) is 23.1 Å². The van der Waals surface area contributed by atoms with Crippen molar-refractivity contribution in [2.24, 2.45) is 0 Å². The molecule has 0 saturated carbocycles. The summed E-state index contributed by atoms with van der Waals surface area (Å²) in [5.74, 6) is 0.899. The molecule has 0 spiro atoms. The van der Waals surface area contributed by atoms with Gasteiger partial charge in [0.2, 0.25) is 10.0 Å². The maximum atomic E-state index is 12.2. The van der Waals surface area contributed by atoms with Crippen molar-refractivity contribution in [1.29, 1.82) is 0 Å². The first-order valence-electron chi connectivity index (χ1n) is 6.57. The summed E-state index contributed by atoms with van der Waals surface area (Å²) in [5, 5.41) is 11.0. The molecule has 0 atom stereocenters. The Hall–Kier alpha value is -0.990. The van der Waals surface area contributed by atoms with Crippen molar-refractivity contribution in [1.82, 2.24) is 24.4 Å². The smallest absolute Gasteiger partial charge is 0.214 e. The summed E-state index contributed by atoms with van der Waals surface area (Å²) in [5.41, 5.74) is 0. The lowest BCUT2D eigenvalue weighted by Crippen LogP contribution is -2.40. The van der Waals surface area contributed by atoms with Crippen LogP contribution in [0, 0.1) is 0 Å². The van der Waals surface area contributed by atoms with E-state index in [9.17, 15) is 8.42 Å². The Morgan fingerprint density at radius 3 is 2.95 bits per heavy atom. The van der Waals surface area contributed by atoms with Crippen LogP contribution in [0.4, 0.5) is 0 Å². The molecule has 1 N–H and O–H groups in total. The summed E-state index contributed by atoms with van der Waals surface area (Å²) in [6, 6.07) is 0.385. The highest BCUT2D eigenvalue weighted by Crippen LogP contribution is 2.14. The first-order valence-corrected chi connectivity index (χ1v) is 8.18. The zero-order valence-corrected chi connectivity index (χ0v) is 12.2. The molecule has 0 aromatic carbocycles. The van der Waals surface area contributed by atoms with Crippen molar-refractivity contribution < 1.29 is 8.42 Å². The number of fused-ring (bicyclic) bond motifs is 1. The minimum atomic E-state index is -3.19. The first-order chi connectivity index (χ1) is 8.99. The van der Waals surface area contributed by atoms with Gasteiger partial charge < -0.3 is 9.88 Å². The van der Waals surface area contributed by atoms with Crippen LogP contribution in [0.1, 0.15) is 26.1 Å². The van der Waals surface area contributed by atoms with Crippen LogP contribution in [0.2, 0.25) is 0 Å². The van der Waals surface area contributed by atoms with E-state index in [1.165, 1.54) is 4.31 Å². The van der Waals surface area contributed by atoms with Crippen LogP contribution < -0.4 is 5.32 Å². The van der Waals surface area contributed by atoms with Gasteiger partial charge in [0.15, 0.2) is 0 Å². The lowest BCUT2D eigenvalue weighted by molar-refractivity contribution is 0.335. The Kier molecular flexibility index (Phi) is 4.54. The summed E-state index contributed by atoms with van der Waals surface area (Å²) in [4.78, 5) is 0. The minimum absolute atomic E-state index is 0.181. The standard InChI is InChI=1S/C11H21N5O2S/c1-10(2)12-4-3-7-19(17,18)16-6-5-15-9-13-14-11(15)8-16/h9-10,12H,3-8H2,1-2H3. The lowest BCUT2D eigenvalue weighted by Gasteiger charge is -2.26. The van der Waals surface area contributed by atoms with E-state index in [4.69, 9.17) is 0 Å². The van der Waals surface area contributed by atoms with Gasteiger partial charge in [-0.1, -0.05) is 13.8 Å². The van der Waals surface area contributed by atoms with E-state index in [-0.39, 0.29) is 5.75 Å². The van der Waals surface area contributed by atoms with E-state index in [0.717, 1.165) is 12.4 Å². The second kappa shape index (κ2) is 5.98. The zero-order chi connectivity index (χ0) is 13.9. The maximum Gasteiger partial charge on any atom is 0.214 e. The highest BCUT2D eigenvalue weighted by atomic mass is 32.2. The van der Waals surface area contributed by atoms with Gasteiger partial charge in [-0.05, 0) is 13.0 Å². The number of rotatable bonds is 6. The number of sulfonamides is 1. The van der Waals surface area contributed by atoms with Crippen LogP contribution in [0.15, 0.2) is 6.33 Å². The molecule has 1 aliphatic rings. The van der Waals surface area contributed by atoms with Gasteiger partial charge in [0, 0.05) is 19.1 Å². The average Bonchev–Trinajstić information content (AvgIpc) is 2.81.